The fourth-order valence-corrected chi connectivity index (χ4v) is 2.92. The lowest BCUT2D eigenvalue weighted by Crippen LogP contribution is -2.50. The molecule has 1 saturated carbocycles. The minimum atomic E-state index is 0.764. The van der Waals surface area contributed by atoms with E-state index in [2.05, 4.69) is 31.0 Å². The van der Waals surface area contributed by atoms with Crippen LogP contribution in [0.4, 0.5) is 0 Å². The molecule has 0 aromatic carbocycles. The van der Waals surface area contributed by atoms with E-state index in [0.29, 0.717) is 0 Å². The van der Waals surface area contributed by atoms with Gasteiger partial charge in [0.05, 0.1) is 0 Å². The summed E-state index contributed by atoms with van der Waals surface area (Å²) in [7, 11) is 0. The Morgan fingerprint density at radius 3 is 2.50 bits per heavy atom. The van der Waals surface area contributed by atoms with Gasteiger partial charge in [-0.2, -0.15) is 0 Å². The Balaban J connectivity index is 1.86. The van der Waals surface area contributed by atoms with Crippen LogP contribution >= 0.6 is 0 Å². The number of hydrogen-bond donors (Lipinski definition) is 1. The molecule has 0 spiro atoms. The first-order chi connectivity index (χ1) is 7.69. The molecule has 16 heavy (non-hydrogen) atoms. The Hall–Kier alpha value is -0.0800. The summed E-state index contributed by atoms with van der Waals surface area (Å²) in [4.78, 5) is 2.67. The molecule has 94 valence electrons. The number of piperidine rings is 1. The van der Waals surface area contributed by atoms with Gasteiger partial charge in [0.2, 0.25) is 0 Å². The number of likely N-dealkylation sites (tertiary alicyclic amines) is 1. The van der Waals surface area contributed by atoms with E-state index in [9.17, 15) is 0 Å². The smallest absolute Gasteiger partial charge is 0.0200 e. The first-order valence-electron chi connectivity index (χ1n) is 7.17. The van der Waals surface area contributed by atoms with E-state index in [1.807, 2.05) is 0 Å². The SMILES string of the molecule is CCCN1CC(NC2CC2)CC(C(C)C)C1. The van der Waals surface area contributed by atoms with E-state index in [0.717, 1.165) is 23.9 Å². The normalized spacial score (nSPS) is 32.2. The van der Waals surface area contributed by atoms with Gasteiger partial charge >= 0.3 is 0 Å². The van der Waals surface area contributed by atoms with E-state index >= 15 is 0 Å². The summed E-state index contributed by atoms with van der Waals surface area (Å²) in [6, 6.07) is 1.62. The molecule has 2 atom stereocenters. The molecule has 1 saturated heterocycles. The summed E-state index contributed by atoms with van der Waals surface area (Å²) in [5, 5.41) is 3.82. The van der Waals surface area contributed by atoms with Crippen LogP contribution in [0.5, 0.6) is 0 Å². The topological polar surface area (TPSA) is 15.3 Å². The van der Waals surface area contributed by atoms with Crippen molar-refractivity contribution in [2.24, 2.45) is 11.8 Å². The van der Waals surface area contributed by atoms with E-state index in [1.54, 1.807) is 0 Å². The van der Waals surface area contributed by atoms with Crippen molar-refractivity contribution >= 4 is 0 Å². The Morgan fingerprint density at radius 2 is 1.94 bits per heavy atom. The van der Waals surface area contributed by atoms with Crippen LogP contribution in [0.3, 0.4) is 0 Å². The van der Waals surface area contributed by atoms with Crippen LogP contribution in [0.2, 0.25) is 0 Å². The molecule has 1 aliphatic heterocycles. The van der Waals surface area contributed by atoms with Crippen molar-refractivity contribution in [2.75, 3.05) is 19.6 Å². The molecule has 2 unspecified atom stereocenters. The Labute approximate surface area is 101 Å². The molecule has 2 heteroatoms. The van der Waals surface area contributed by atoms with E-state index in [4.69, 9.17) is 0 Å². The highest BCUT2D eigenvalue weighted by molar-refractivity contribution is 4.90. The monoisotopic (exact) mass is 224 g/mol. The van der Waals surface area contributed by atoms with Gasteiger partial charge in [-0.3, -0.25) is 0 Å². The van der Waals surface area contributed by atoms with Crippen molar-refractivity contribution in [1.82, 2.24) is 10.2 Å². The summed E-state index contributed by atoms with van der Waals surface area (Å²) in [5.74, 6) is 1.74. The van der Waals surface area contributed by atoms with Gasteiger partial charge in [0.15, 0.2) is 0 Å². The Morgan fingerprint density at radius 1 is 1.19 bits per heavy atom. The van der Waals surface area contributed by atoms with Crippen molar-refractivity contribution in [3.05, 3.63) is 0 Å². The summed E-state index contributed by atoms with van der Waals surface area (Å²) in [6.45, 7) is 11.0. The molecule has 1 heterocycles. The van der Waals surface area contributed by atoms with Gasteiger partial charge in [-0.25, -0.2) is 0 Å². The summed E-state index contributed by atoms with van der Waals surface area (Å²) in [6.07, 6.45) is 5.52. The minimum Gasteiger partial charge on any atom is -0.310 e. The molecule has 0 radical (unpaired) electrons. The zero-order valence-corrected chi connectivity index (χ0v) is 11.2. The number of nitrogens with zero attached hydrogens (tertiary/aromatic N) is 1. The van der Waals surface area contributed by atoms with Gasteiger partial charge in [-0.05, 0) is 44.1 Å². The molecule has 1 aliphatic carbocycles. The Bertz CT molecular complexity index is 211. The fraction of sp³-hybridized carbons (Fsp3) is 1.00. The first-order valence-corrected chi connectivity index (χ1v) is 7.17. The van der Waals surface area contributed by atoms with E-state index < -0.39 is 0 Å². The van der Waals surface area contributed by atoms with Crippen LogP contribution in [-0.2, 0) is 0 Å². The van der Waals surface area contributed by atoms with Gasteiger partial charge in [0, 0.05) is 25.2 Å². The third-order valence-electron chi connectivity index (χ3n) is 4.09. The summed E-state index contributed by atoms with van der Waals surface area (Å²) >= 11 is 0. The highest BCUT2D eigenvalue weighted by Crippen LogP contribution is 2.27. The molecule has 0 aromatic rings. The average molecular weight is 224 g/mol. The largest absolute Gasteiger partial charge is 0.310 e. The minimum absolute atomic E-state index is 0.764. The van der Waals surface area contributed by atoms with Crippen LogP contribution < -0.4 is 5.32 Å². The maximum atomic E-state index is 3.82. The quantitative estimate of drug-likeness (QED) is 0.772. The highest BCUT2D eigenvalue weighted by Gasteiger charge is 2.32. The van der Waals surface area contributed by atoms with Crippen LogP contribution in [0.25, 0.3) is 0 Å². The van der Waals surface area contributed by atoms with Gasteiger partial charge < -0.3 is 10.2 Å². The second-order valence-corrected chi connectivity index (χ2v) is 6.14. The van der Waals surface area contributed by atoms with E-state index in [-0.39, 0.29) is 0 Å². The highest BCUT2D eigenvalue weighted by atomic mass is 15.2. The van der Waals surface area contributed by atoms with Crippen molar-refractivity contribution in [3.63, 3.8) is 0 Å². The van der Waals surface area contributed by atoms with Crippen LogP contribution in [0, 0.1) is 11.8 Å². The van der Waals surface area contributed by atoms with Gasteiger partial charge in [-0.1, -0.05) is 20.8 Å². The zero-order chi connectivity index (χ0) is 11.5. The molecular formula is C14H28N2. The van der Waals surface area contributed by atoms with Gasteiger partial charge in [0.25, 0.3) is 0 Å². The number of nitrogens with one attached hydrogen (secondary N) is 1. The molecule has 0 bridgehead atoms. The molecule has 0 amide bonds. The lowest BCUT2D eigenvalue weighted by atomic mass is 9.85. The first kappa shape index (κ1) is 12.4. The predicted octanol–water partition coefficient (Wildman–Crippen LogP) is 2.49. The van der Waals surface area contributed by atoms with Gasteiger partial charge in [-0.15, -0.1) is 0 Å². The standard InChI is InChI=1S/C14H28N2/c1-4-7-16-9-12(11(2)3)8-14(10-16)15-13-5-6-13/h11-15H,4-10H2,1-3H3. The lowest BCUT2D eigenvalue weighted by molar-refractivity contribution is 0.115. The molecule has 1 N–H and O–H groups in total. The molecule has 0 aromatic heterocycles. The van der Waals surface area contributed by atoms with Crippen LogP contribution in [0.15, 0.2) is 0 Å². The van der Waals surface area contributed by atoms with Crippen LogP contribution in [0.1, 0.15) is 46.5 Å². The van der Waals surface area contributed by atoms with Crippen LogP contribution in [-0.4, -0.2) is 36.6 Å². The fourth-order valence-electron chi connectivity index (χ4n) is 2.92. The third kappa shape index (κ3) is 3.46. The molecule has 2 rings (SSSR count). The second kappa shape index (κ2) is 5.50. The zero-order valence-electron chi connectivity index (χ0n) is 11.2. The van der Waals surface area contributed by atoms with Crippen molar-refractivity contribution in [3.8, 4) is 0 Å². The van der Waals surface area contributed by atoms with Crippen molar-refractivity contribution in [1.29, 1.82) is 0 Å². The maximum Gasteiger partial charge on any atom is 0.0200 e. The third-order valence-corrected chi connectivity index (χ3v) is 4.09. The van der Waals surface area contributed by atoms with Crippen molar-refractivity contribution in [2.45, 2.75) is 58.5 Å². The average Bonchev–Trinajstić information content (AvgIpc) is 3.01. The molecular weight excluding hydrogens is 196 g/mol. The predicted molar refractivity (Wildman–Crippen MR) is 69.6 cm³/mol. The second-order valence-electron chi connectivity index (χ2n) is 6.14. The maximum absolute atomic E-state index is 3.82. The molecule has 2 nitrogen and oxygen atoms in total. The molecule has 2 aliphatic rings. The summed E-state index contributed by atoms with van der Waals surface area (Å²) in [5.41, 5.74) is 0. The number of rotatable bonds is 5. The van der Waals surface area contributed by atoms with Gasteiger partial charge in [0.1, 0.15) is 0 Å². The van der Waals surface area contributed by atoms with Crippen molar-refractivity contribution < 1.29 is 0 Å². The Kier molecular flexibility index (Phi) is 4.26. The van der Waals surface area contributed by atoms with E-state index in [1.165, 1.54) is 45.3 Å². The summed E-state index contributed by atoms with van der Waals surface area (Å²) < 4.78 is 0. The lowest BCUT2D eigenvalue weighted by Gasteiger charge is -2.40. The molecule has 2 fully saturated rings. The number of hydrogen-bond acceptors (Lipinski definition) is 2.